The van der Waals surface area contributed by atoms with Crippen molar-refractivity contribution in [3.05, 3.63) is 59.9 Å². The zero-order chi connectivity index (χ0) is 14.9. The van der Waals surface area contributed by atoms with E-state index in [0.717, 1.165) is 24.5 Å². The molecule has 112 valence electrons. The number of hydrogen-bond donors (Lipinski definition) is 1. The third kappa shape index (κ3) is 5.44. The molecule has 0 heterocycles. The molecular weight excluding hydrogens is 269 g/mol. The van der Waals surface area contributed by atoms with Gasteiger partial charge in [0.1, 0.15) is 18.2 Å². The monoisotopic (exact) mass is 289 g/mol. The molecule has 3 nitrogen and oxygen atoms in total. The number of hydrogen-bond acceptors (Lipinski definition) is 3. The van der Waals surface area contributed by atoms with Crippen molar-refractivity contribution >= 4 is 5.69 Å². The summed E-state index contributed by atoms with van der Waals surface area (Å²) in [5.41, 5.74) is 1.98. The fraction of sp³-hybridized carbons (Fsp3) is 0.294. The molecule has 21 heavy (non-hydrogen) atoms. The second kappa shape index (κ2) is 8.27. The van der Waals surface area contributed by atoms with E-state index in [1.54, 1.807) is 13.2 Å². The molecule has 0 amide bonds. The third-order valence-electron chi connectivity index (χ3n) is 3.04. The van der Waals surface area contributed by atoms with Gasteiger partial charge in [-0.2, -0.15) is 0 Å². The Kier molecular flexibility index (Phi) is 6.03. The van der Waals surface area contributed by atoms with Crippen LogP contribution in [0.15, 0.2) is 48.5 Å². The molecule has 2 aromatic rings. The van der Waals surface area contributed by atoms with E-state index in [1.807, 2.05) is 30.3 Å². The highest BCUT2D eigenvalue weighted by Gasteiger charge is 1.97. The summed E-state index contributed by atoms with van der Waals surface area (Å²) in [5, 5.41) is 3.11. The Morgan fingerprint density at radius 3 is 2.57 bits per heavy atom. The van der Waals surface area contributed by atoms with Gasteiger partial charge in [0.2, 0.25) is 0 Å². The van der Waals surface area contributed by atoms with Crippen molar-refractivity contribution in [3.63, 3.8) is 0 Å². The molecule has 0 aliphatic heterocycles. The zero-order valence-electron chi connectivity index (χ0n) is 12.1. The predicted octanol–water partition coefficient (Wildman–Crippen LogP) is 3.51. The normalized spacial score (nSPS) is 10.4. The van der Waals surface area contributed by atoms with Crippen LogP contribution in [0, 0.1) is 5.82 Å². The summed E-state index contributed by atoms with van der Waals surface area (Å²) >= 11 is 0. The molecule has 0 atom stereocenters. The zero-order valence-corrected chi connectivity index (χ0v) is 12.1. The van der Waals surface area contributed by atoms with Crippen LogP contribution in [0.3, 0.4) is 0 Å². The van der Waals surface area contributed by atoms with Gasteiger partial charge in [-0.1, -0.05) is 18.2 Å². The van der Waals surface area contributed by atoms with Crippen molar-refractivity contribution in [1.82, 2.24) is 0 Å². The molecule has 4 heteroatoms. The van der Waals surface area contributed by atoms with E-state index >= 15 is 0 Å². The number of anilines is 1. The van der Waals surface area contributed by atoms with Gasteiger partial charge in [0.25, 0.3) is 0 Å². The van der Waals surface area contributed by atoms with Crippen LogP contribution in [-0.4, -0.2) is 26.9 Å². The number of benzene rings is 2. The van der Waals surface area contributed by atoms with Crippen LogP contribution in [0.25, 0.3) is 0 Å². The first-order valence-electron chi connectivity index (χ1n) is 6.98. The van der Waals surface area contributed by atoms with E-state index in [1.165, 1.54) is 17.7 Å². The summed E-state index contributed by atoms with van der Waals surface area (Å²) < 4.78 is 23.7. The quantitative estimate of drug-likeness (QED) is 0.754. The van der Waals surface area contributed by atoms with E-state index in [4.69, 9.17) is 9.47 Å². The lowest BCUT2D eigenvalue weighted by Crippen LogP contribution is -2.11. The maximum atomic E-state index is 13.0. The van der Waals surface area contributed by atoms with Gasteiger partial charge in [-0.3, -0.25) is 0 Å². The smallest absolute Gasteiger partial charge is 0.125 e. The minimum Gasteiger partial charge on any atom is -0.492 e. The molecule has 0 unspecified atom stereocenters. The molecule has 0 fully saturated rings. The van der Waals surface area contributed by atoms with Crippen molar-refractivity contribution in [3.8, 4) is 5.75 Å². The van der Waals surface area contributed by atoms with Crippen LogP contribution in [0.4, 0.5) is 10.1 Å². The Bertz CT molecular complexity index is 543. The number of halogens is 1. The van der Waals surface area contributed by atoms with E-state index < -0.39 is 0 Å². The molecule has 0 aromatic heterocycles. The lowest BCUT2D eigenvalue weighted by molar-refractivity contribution is 0.202. The van der Waals surface area contributed by atoms with Gasteiger partial charge in [0, 0.05) is 19.3 Å². The summed E-state index contributed by atoms with van der Waals surface area (Å²) in [4.78, 5) is 0. The molecule has 0 bridgehead atoms. The second-order valence-corrected chi connectivity index (χ2v) is 4.67. The van der Waals surface area contributed by atoms with Crippen LogP contribution in [0.5, 0.6) is 5.75 Å². The number of ether oxygens (including phenoxy) is 2. The minimum absolute atomic E-state index is 0.243. The van der Waals surface area contributed by atoms with Gasteiger partial charge < -0.3 is 14.8 Å². The molecular formula is C17H20FNO2. The van der Waals surface area contributed by atoms with Crippen molar-refractivity contribution in [1.29, 1.82) is 0 Å². The molecule has 0 spiro atoms. The summed E-state index contributed by atoms with van der Waals surface area (Å²) in [5.74, 6) is 0.588. The van der Waals surface area contributed by atoms with Crippen molar-refractivity contribution < 1.29 is 13.9 Å². The Morgan fingerprint density at radius 1 is 1.05 bits per heavy atom. The largest absolute Gasteiger partial charge is 0.492 e. The summed E-state index contributed by atoms with van der Waals surface area (Å²) in [7, 11) is 1.70. The van der Waals surface area contributed by atoms with Crippen LogP contribution < -0.4 is 10.1 Å². The maximum absolute atomic E-state index is 13.0. The predicted molar refractivity (Wildman–Crippen MR) is 82.4 cm³/mol. The van der Waals surface area contributed by atoms with Gasteiger partial charge in [-0.15, -0.1) is 0 Å². The van der Waals surface area contributed by atoms with Gasteiger partial charge in [0.15, 0.2) is 0 Å². The van der Waals surface area contributed by atoms with Gasteiger partial charge in [-0.25, -0.2) is 4.39 Å². The average molecular weight is 289 g/mol. The highest BCUT2D eigenvalue weighted by atomic mass is 19.1. The number of nitrogens with one attached hydrogen (secondary N) is 1. The molecule has 0 aliphatic carbocycles. The fourth-order valence-corrected chi connectivity index (χ4v) is 1.93. The lowest BCUT2D eigenvalue weighted by atomic mass is 10.1. The second-order valence-electron chi connectivity index (χ2n) is 4.67. The van der Waals surface area contributed by atoms with Crippen LogP contribution in [0.1, 0.15) is 5.56 Å². The van der Waals surface area contributed by atoms with Crippen molar-refractivity contribution in [2.75, 3.05) is 32.2 Å². The van der Waals surface area contributed by atoms with Crippen LogP contribution in [0.2, 0.25) is 0 Å². The Labute approximate surface area is 124 Å². The van der Waals surface area contributed by atoms with E-state index in [9.17, 15) is 4.39 Å². The first kappa shape index (κ1) is 15.3. The van der Waals surface area contributed by atoms with Gasteiger partial charge >= 0.3 is 0 Å². The molecule has 1 N–H and O–H groups in total. The Morgan fingerprint density at radius 2 is 1.86 bits per heavy atom. The minimum atomic E-state index is -0.243. The molecule has 0 saturated heterocycles. The van der Waals surface area contributed by atoms with Gasteiger partial charge in [-0.05, 0) is 42.3 Å². The Balaban J connectivity index is 1.71. The number of methoxy groups -OCH3 is 1. The molecule has 0 radical (unpaired) electrons. The molecule has 0 saturated carbocycles. The standard InChI is InChI=1S/C17H20FNO2/c1-20-11-9-14-5-7-17(8-6-14)21-12-10-19-16-4-2-3-15(18)13-16/h2-8,13,19H,9-12H2,1H3. The fourth-order valence-electron chi connectivity index (χ4n) is 1.93. The van der Waals surface area contributed by atoms with E-state index in [0.29, 0.717) is 13.2 Å². The van der Waals surface area contributed by atoms with E-state index in [-0.39, 0.29) is 5.82 Å². The molecule has 0 aliphatic rings. The highest BCUT2D eigenvalue weighted by molar-refractivity contribution is 5.42. The molecule has 2 aromatic carbocycles. The maximum Gasteiger partial charge on any atom is 0.125 e. The van der Waals surface area contributed by atoms with Crippen molar-refractivity contribution in [2.45, 2.75) is 6.42 Å². The third-order valence-corrected chi connectivity index (χ3v) is 3.04. The Hall–Kier alpha value is -2.07. The summed E-state index contributed by atoms with van der Waals surface area (Å²) in [6.07, 6.45) is 0.901. The lowest BCUT2D eigenvalue weighted by Gasteiger charge is -2.09. The van der Waals surface area contributed by atoms with Gasteiger partial charge in [0.05, 0.1) is 6.61 Å². The average Bonchev–Trinajstić information content (AvgIpc) is 2.51. The first-order valence-corrected chi connectivity index (χ1v) is 6.98. The SMILES string of the molecule is COCCc1ccc(OCCNc2cccc(F)c2)cc1. The topological polar surface area (TPSA) is 30.5 Å². The highest BCUT2D eigenvalue weighted by Crippen LogP contribution is 2.13. The van der Waals surface area contributed by atoms with Crippen LogP contribution >= 0.6 is 0 Å². The van der Waals surface area contributed by atoms with Crippen LogP contribution in [-0.2, 0) is 11.2 Å². The summed E-state index contributed by atoms with van der Waals surface area (Å²) in [6.45, 7) is 1.86. The molecule has 2 rings (SSSR count). The number of rotatable bonds is 8. The summed E-state index contributed by atoms with van der Waals surface area (Å²) in [6, 6.07) is 14.4. The van der Waals surface area contributed by atoms with Crippen molar-refractivity contribution in [2.24, 2.45) is 0 Å². The first-order chi connectivity index (χ1) is 10.3. The van der Waals surface area contributed by atoms with E-state index in [2.05, 4.69) is 5.32 Å².